The lowest BCUT2D eigenvalue weighted by molar-refractivity contribution is -0.122. The molecule has 2 aromatic heterocycles. The van der Waals surface area contributed by atoms with E-state index in [-0.39, 0.29) is 18.5 Å². The molecule has 3 heterocycles. The van der Waals surface area contributed by atoms with Crippen LogP contribution in [0.3, 0.4) is 0 Å². The van der Waals surface area contributed by atoms with Crippen molar-refractivity contribution in [2.24, 2.45) is 0 Å². The fourth-order valence-corrected chi connectivity index (χ4v) is 2.58. The molecule has 0 saturated carbocycles. The molecule has 3 rings (SSSR count). The molecule has 0 aliphatic carbocycles. The van der Waals surface area contributed by atoms with Gasteiger partial charge in [0.25, 0.3) is 0 Å². The number of nitrogens with one attached hydrogen (secondary N) is 1. The normalized spacial score (nSPS) is 17.8. The number of hydrogen-bond acceptors (Lipinski definition) is 4. The van der Waals surface area contributed by atoms with E-state index in [1.807, 2.05) is 6.07 Å². The Morgan fingerprint density at radius 1 is 1.50 bits per heavy atom. The average Bonchev–Trinajstić information content (AvgIpc) is 3.07. The van der Waals surface area contributed by atoms with Crippen molar-refractivity contribution >= 4 is 5.91 Å². The summed E-state index contributed by atoms with van der Waals surface area (Å²) in [6.07, 6.45) is 6.09. The van der Waals surface area contributed by atoms with Crippen LogP contribution in [0.15, 0.2) is 18.5 Å². The number of hydrogen-bond donors (Lipinski definition) is 1. The molecule has 7 nitrogen and oxygen atoms in total. The summed E-state index contributed by atoms with van der Waals surface area (Å²) in [5.74, 6) is 2.01. The molecule has 7 heteroatoms. The fourth-order valence-electron chi connectivity index (χ4n) is 2.58. The van der Waals surface area contributed by atoms with Crippen molar-refractivity contribution < 1.29 is 4.79 Å². The van der Waals surface area contributed by atoms with Gasteiger partial charge in [-0.3, -0.25) is 9.48 Å². The van der Waals surface area contributed by atoms with Gasteiger partial charge < -0.3 is 9.88 Å². The van der Waals surface area contributed by atoms with Crippen molar-refractivity contribution in [2.45, 2.75) is 45.3 Å². The van der Waals surface area contributed by atoms with Crippen LogP contribution in [0.5, 0.6) is 0 Å². The Labute approximate surface area is 117 Å². The molecule has 1 N–H and O–H groups in total. The summed E-state index contributed by atoms with van der Waals surface area (Å²) in [4.78, 5) is 12.0. The molecule has 20 heavy (non-hydrogen) atoms. The van der Waals surface area contributed by atoms with Crippen LogP contribution in [-0.2, 0) is 30.7 Å². The lowest BCUT2D eigenvalue weighted by Crippen LogP contribution is -2.42. The zero-order valence-electron chi connectivity index (χ0n) is 11.5. The molecule has 106 valence electrons. The van der Waals surface area contributed by atoms with Gasteiger partial charge in [0.15, 0.2) is 0 Å². The number of aryl methyl sites for hydroxylation is 2. The molecular weight excluding hydrogens is 256 g/mol. The first-order chi connectivity index (χ1) is 9.76. The van der Waals surface area contributed by atoms with Gasteiger partial charge in [-0.25, -0.2) is 0 Å². The summed E-state index contributed by atoms with van der Waals surface area (Å²) in [5, 5.41) is 15.5. The Balaban J connectivity index is 1.61. The minimum absolute atomic E-state index is 0.00623. The molecule has 0 fully saturated rings. The topological polar surface area (TPSA) is 77.6 Å². The van der Waals surface area contributed by atoms with Gasteiger partial charge in [-0.1, -0.05) is 6.92 Å². The zero-order chi connectivity index (χ0) is 13.9. The van der Waals surface area contributed by atoms with Crippen LogP contribution in [0.4, 0.5) is 0 Å². The Morgan fingerprint density at radius 3 is 3.15 bits per heavy atom. The van der Waals surface area contributed by atoms with E-state index in [0.29, 0.717) is 0 Å². The maximum atomic E-state index is 12.0. The molecular formula is C13H18N6O. The molecule has 0 saturated heterocycles. The number of carbonyl (C=O) groups is 1. The first-order valence-corrected chi connectivity index (χ1v) is 6.94. The van der Waals surface area contributed by atoms with Gasteiger partial charge in [-0.05, 0) is 12.5 Å². The predicted molar refractivity (Wildman–Crippen MR) is 71.9 cm³/mol. The van der Waals surface area contributed by atoms with Gasteiger partial charge in [0, 0.05) is 37.8 Å². The van der Waals surface area contributed by atoms with Crippen molar-refractivity contribution in [1.82, 2.24) is 29.9 Å². The first kappa shape index (κ1) is 12.8. The van der Waals surface area contributed by atoms with Gasteiger partial charge in [0.05, 0.1) is 0 Å². The lowest BCUT2D eigenvalue weighted by atomic mass is 10.1. The standard InChI is InChI=1S/C13H18N6O/c1-2-11-16-17-12-5-4-10(8-19(11)12)15-13(20)9-18-7-3-6-14-18/h3,6-7,10H,2,4-5,8-9H2,1H3,(H,15,20)/t10-/m1/s1. The van der Waals surface area contributed by atoms with E-state index >= 15 is 0 Å². The quantitative estimate of drug-likeness (QED) is 0.862. The minimum Gasteiger partial charge on any atom is -0.350 e. The maximum Gasteiger partial charge on any atom is 0.242 e. The van der Waals surface area contributed by atoms with Crippen LogP contribution in [0, 0.1) is 0 Å². The van der Waals surface area contributed by atoms with E-state index in [1.54, 1.807) is 17.1 Å². The second-order valence-electron chi connectivity index (χ2n) is 5.00. The second-order valence-corrected chi connectivity index (χ2v) is 5.00. The van der Waals surface area contributed by atoms with Crippen molar-refractivity contribution in [3.8, 4) is 0 Å². The van der Waals surface area contributed by atoms with Gasteiger partial charge in [-0.15, -0.1) is 10.2 Å². The number of fused-ring (bicyclic) bond motifs is 1. The largest absolute Gasteiger partial charge is 0.350 e. The Morgan fingerprint density at radius 2 is 2.40 bits per heavy atom. The summed E-state index contributed by atoms with van der Waals surface area (Å²) in [6, 6.07) is 1.96. The van der Waals surface area contributed by atoms with Crippen LogP contribution < -0.4 is 5.32 Å². The van der Waals surface area contributed by atoms with E-state index in [1.165, 1.54) is 0 Å². The van der Waals surface area contributed by atoms with Crippen molar-refractivity contribution in [3.63, 3.8) is 0 Å². The molecule has 0 bridgehead atoms. The molecule has 0 spiro atoms. The Kier molecular flexibility index (Phi) is 3.49. The summed E-state index contributed by atoms with van der Waals surface area (Å²) in [7, 11) is 0. The van der Waals surface area contributed by atoms with Gasteiger partial charge in [0.2, 0.25) is 5.91 Å². The molecule has 1 aliphatic rings. The lowest BCUT2D eigenvalue weighted by Gasteiger charge is -2.25. The second kappa shape index (κ2) is 5.44. The third-order valence-corrected chi connectivity index (χ3v) is 3.57. The summed E-state index contributed by atoms with van der Waals surface area (Å²) >= 11 is 0. The minimum atomic E-state index is -0.00623. The molecule has 1 atom stereocenters. The highest BCUT2D eigenvalue weighted by atomic mass is 16.2. The monoisotopic (exact) mass is 274 g/mol. The molecule has 1 aliphatic heterocycles. The van der Waals surface area contributed by atoms with Crippen LogP contribution in [0.2, 0.25) is 0 Å². The molecule has 0 aromatic carbocycles. The van der Waals surface area contributed by atoms with Crippen molar-refractivity contribution in [2.75, 3.05) is 0 Å². The molecule has 2 aromatic rings. The summed E-state index contributed by atoms with van der Waals surface area (Å²) in [6.45, 7) is 3.09. The van der Waals surface area contributed by atoms with Crippen molar-refractivity contribution in [3.05, 3.63) is 30.1 Å². The maximum absolute atomic E-state index is 12.0. The number of nitrogens with zero attached hydrogens (tertiary/aromatic N) is 5. The average molecular weight is 274 g/mol. The highest BCUT2D eigenvalue weighted by Crippen LogP contribution is 2.15. The number of carbonyl (C=O) groups excluding carboxylic acids is 1. The first-order valence-electron chi connectivity index (χ1n) is 6.94. The molecule has 0 unspecified atom stereocenters. The van der Waals surface area contributed by atoms with Crippen LogP contribution in [-0.4, -0.2) is 36.5 Å². The third kappa shape index (κ3) is 2.56. The van der Waals surface area contributed by atoms with Crippen LogP contribution in [0.1, 0.15) is 25.0 Å². The van der Waals surface area contributed by atoms with E-state index < -0.39 is 0 Å². The summed E-state index contributed by atoms with van der Waals surface area (Å²) in [5.41, 5.74) is 0. The van der Waals surface area contributed by atoms with Gasteiger partial charge in [0.1, 0.15) is 18.2 Å². The van der Waals surface area contributed by atoms with E-state index in [2.05, 4.69) is 32.1 Å². The van der Waals surface area contributed by atoms with Gasteiger partial charge >= 0.3 is 0 Å². The van der Waals surface area contributed by atoms with Crippen LogP contribution >= 0.6 is 0 Å². The predicted octanol–water partition coefficient (Wildman–Crippen LogP) is 0.168. The SMILES string of the molecule is CCc1nnc2n1C[C@H](NC(=O)Cn1cccn1)CC2. The highest BCUT2D eigenvalue weighted by Gasteiger charge is 2.23. The molecule has 0 radical (unpaired) electrons. The van der Waals surface area contributed by atoms with Gasteiger partial charge in [-0.2, -0.15) is 5.10 Å². The van der Waals surface area contributed by atoms with Crippen LogP contribution in [0.25, 0.3) is 0 Å². The Hall–Kier alpha value is -2.18. The summed E-state index contributed by atoms with van der Waals surface area (Å²) < 4.78 is 3.75. The third-order valence-electron chi connectivity index (χ3n) is 3.57. The van der Waals surface area contributed by atoms with E-state index in [0.717, 1.165) is 37.5 Å². The zero-order valence-corrected chi connectivity index (χ0v) is 11.5. The van der Waals surface area contributed by atoms with E-state index in [9.17, 15) is 4.79 Å². The number of amides is 1. The fraction of sp³-hybridized carbons (Fsp3) is 0.538. The molecule has 1 amide bonds. The Bertz CT molecular complexity index is 575. The smallest absolute Gasteiger partial charge is 0.242 e. The van der Waals surface area contributed by atoms with E-state index in [4.69, 9.17) is 0 Å². The number of rotatable bonds is 4. The van der Waals surface area contributed by atoms with Crippen molar-refractivity contribution in [1.29, 1.82) is 0 Å². The number of aromatic nitrogens is 5. The highest BCUT2D eigenvalue weighted by molar-refractivity contribution is 5.75.